The monoisotopic (exact) mass is 311 g/mol. The predicted molar refractivity (Wildman–Crippen MR) is 74.0 cm³/mol. The predicted octanol–water partition coefficient (Wildman–Crippen LogP) is 0.238. The second kappa shape index (κ2) is 5.13. The van der Waals surface area contributed by atoms with E-state index in [1.54, 1.807) is 4.57 Å². The van der Waals surface area contributed by atoms with Crippen molar-refractivity contribution in [3.63, 3.8) is 0 Å². The van der Waals surface area contributed by atoms with Gasteiger partial charge in [-0.1, -0.05) is 0 Å². The fourth-order valence-electron chi connectivity index (χ4n) is 2.93. The number of carboxylic acid groups (broad SMARTS) is 1. The number of amides is 1. The molecule has 0 aromatic carbocycles. The fraction of sp³-hybridized carbons (Fsp3) is 0.667. The molecule has 1 fully saturated rings. The maximum absolute atomic E-state index is 10.9. The number of hydrogen-bond donors (Lipinski definition) is 1. The number of fused-ring (bicyclic) bond motifs is 1. The van der Waals surface area contributed by atoms with Crippen LogP contribution in [-0.4, -0.2) is 73.8 Å². The van der Waals surface area contributed by atoms with Gasteiger partial charge in [0.25, 0.3) is 0 Å². The minimum absolute atomic E-state index is 0.216. The van der Waals surface area contributed by atoms with Crippen molar-refractivity contribution in [1.82, 2.24) is 19.4 Å². The summed E-state index contributed by atoms with van der Waals surface area (Å²) >= 11 is 0. The highest BCUT2D eigenvalue weighted by atomic mass is 16.6. The summed E-state index contributed by atoms with van der Waals surface area (Å²) in [5.41, 5.74) is -0.511. The van der Waals surface area contributed by atoms with Gasteiger partial charge in [-0.2, -0.15) is 0 Å². The first kappa shape index (κ1) is 14.6. The van der Waals surface area contributed by atoms with E-state index < -0.39 is 16.6 Å². The molecule has 0 bridgehead atoms. The quantitative estimate of drug-likeness (QED) is 0.628. The van der Waals surface area contributed by atoms with Gasteiger partial charge in [0.05, 0.1) is 6.54 Å². The Morgan fingerprint density at radius 2 is 2.18 bits per heavy atom. The molecule has 10 heteroatoms. The summed E-state index contributed by atoms with van der Waals surface area (Å²) in [6.07, 6.45) is 0.485. The van der Waals surface area contributed by atoms with Crippen LogP contribution in [0.5, 0.6) is 6.01 Å². The van der Waals surface area contributed by atoms with Crippen LogP contribution >= 0.6 is 0 Å². The zero-order valence-electron chi connectivity index (χ0n) is 12.1. The molecule has 10 nitrogen and oxygen atoms in total. The maximum Gasteiger partial charge on any atom is 0.415 e. The molecule has 3 rings (SSSR count). The van der Waals surface area contributed by atoms with Gasteiger partial charge in [0.1, 0.15) is 11.8 Å². The molecule has 0 aliphatic carbocycles. The summed E-state index contributed by atoms with van der Waals surface area (Å²) in [7, 11) is 0. The Balaban J connectivity index is 1.59. The molecule has 1 atom stereocenters. The molecule has 1 saturated heterocycles. The Labute approximate surface area is 126 Å². The number of ether oxygens (including phenoxy) is 1. The van der Waals surface area contributed by atoms with E-state index in [9.17, 15) is 14.9 Å². The van der Waals surface area contributed by atoms with Crippen LogP contribution in [0, 0.1) is 10.1 Å². The first-order chi connectivity index (χ1) is 10.4. The van der Waals surface area contributed by atoms with Gasteiger partial charge >= 0.3 is 17.9 Å². The van der Waals surface area contributed by atoms with Crippen LogP contribution in [0.25, 0.3) is 0 Å². The molecule has 2 aliphatic rings. The standard InChI is InChI=1S/C12H17N5O5/c1-12(7-14-2-4-15(5-3-14)11(18)19)8-16-6-9(17(20)21)13-10(16)22-12/h6H,2-5,7-8H2,1H3,(H,18,19)/t12-/m0/s1. The average Bonchev–Trinajstić information content (AvgIpc) is 2.94. The summed E-state index contributed by atoms with van der Waals surface area (Å²) < 4.78 is 7.42. The van der Waals surface area contributed by atoms with Crippen molar-refractivity contribution in [1.29, 1.82) is 0 Å². The van der Waals surface area contributed by atoms with Crippen molar-refractivity contribution in [2.75, 3.05) is 32.7 Å². The minimum atomic E-state index is -0.893. The van der Waals surface area contributed by atoms with E-state index in [0.29, 0.717) is 39.3 Å². The van der Waals surface area contributed by atoms with E-state index in [0.717, 1.165) is 0 Å². The zero-order valence-corrected chi connectivity index (χ0v) is 12.1. The molecule has 0 saturated carbocycles. The summed E-state index contributed by atoms with van der Waals surface area (Å²) in [5.74, 6) is -0.216. The van der Waals surface area contributed by atoms with Crippen molar-refractivity contribution in [3.8, 4) is 6.01 Å². The lowest BCUT2D eigenvalue weighted by molar-refractivity contribution is -0.389. The molecule has 22 heavy (non-hydrogen) atoms. The van der Waals surface area contributed by atoms with Gasteiger partial charge < -0.3 is 24.9 Å². The third-order valence-corrected chi connectivity index (χ3v) is 3.96. The first-order valence-corrected chi connectivity index (χ1v) is 6.97. The van der Waals surface area contributed by atoms with Crippen LogP contribution in [0.15, 0.2) is 6.20 Å². The van der Waals surface area contributed by atoms with E-state index in [4.69, 9.17) is 9.84 Å². The van der Waals surface area contributed by atoms with Gasteiger partial charge in [0.15, 0.2) is 0 Å². The largest absolute Gasteiger partial charge is 0.465 e. The third-order valence-electron chi connectivity index (χ3n) is 3.96. The van der Waals surface area contributed by atoms with Crippen LogP contribution < -0.4 is 4.74 Å². The van der Waals surface area contributed by atoms with Crippen molar-refractivity contribution < 1.29 is 19.6 Å². The number of piperazine rings is 1. The lowest BCUT2D eigenvalue weighted by atomic mass is 10.1. The second-order valence-electron chi connectivity index (χ2n) is 5.86. The average molecular weight is 311 g/mol. The highest BCUT2D eigenvalue weighted by Gasteiger charge is 2.41. The maximum atomic E-state index is 10.9. The zero-order chi connectivity index (χ0) is 15.9. The number of rotatable bonds is 3. The molecule has 1 amide bonds. The van der Waals surface area contributed by atoms with Crippen LogP contribution in [0.3, 0.4) is 0 Å². The van der Waals surface area contributed by atoms with Crippen LogP contribution in [0.4, 0.5) is 10.6 Å². The molecule has 0 spiro atoms. The minimum Gasteiger partial charge on any atom is -0.465 e. The van der Waals surface area contributed by atoms with E-state index in [1.165, 1.54) is 11.1 Å². The number of nitro groups is 1. The molecular formula is C12H17N5O5. The Bertz CT molecular complexity index is 584. The molecule has 1 aromatic rings. The molecule has 1 N–H and O–H groups in total. The van der Waals surface area contributed by atoms with Crippen LogP contribution in [-0.2, 0) is 6.54 Å². The first-order valence-electron chi connectivity index (χ1n) is 6.97. The van der Waals surface area contributed by atoms with E-state index in [-0.39, 0.29) is 11.8 Å². The third kappa shape index (κ3) is 2.69. The van der Waals surface area contributed by atoms with E-state index in [1.807, 2.05) is 6.92 Å². The van der Waals surface area contributed by atoms with Crippen molar-refractivity contribution in [3.05, 3.63) is 16.3 Å². The van der Waals surface area contributed by atoms with Crippen LogP contribution in [0.1, 0.15) is 6.92 Å². The van der Waals surface area contributed by atoms with Crippen molar-refractivity contribution in [2.45, 2.75) is 19.1 Å². The molecular weight excluding hydrogens is 294 g/mol. The van der Waals surface area contributed by atoms with Gasteiger partial charge in [-0.25, -0.2) is 4.79 Å². The smallest absolute Gasteiger partial charge is 0.415 e. The van der Waals surface area contributed by atoms with E-state index in [2.05, 4.69) is 9.88 Å². The van der Waals surface area contributed by atoms with E-state index >= 15 is 0 Å². The van der Waals surface area contributed by atoms with Gasteiger partial charge in [-0.3, -0.25) is 9.47 Å². The highest BCUT2D eigenvalue weighted by Crippen LogP contribution is 2.31. The summed E-state index contributed by atoms with van der Waals surface area (Å²) in [6, 6.07) is 0.262. The Kier molecular flexibility index (Phi) is 3.39. The molecule has 0 radical (unpaired) electrons. The number of hydrogen-bond acceptors (Lipinski definition) is 6. The van der Waals surface area contributed by atoms with Crippen molar-refractivity contribution >= 4 is 11.9 Å². The summed E-state index contributed by atoms with van der Waals surface area (Å²) in [5, 5.41) is 19.6. The Hall–Kier alpha value is -2.36. The van der Waals surface area contributed by atoms with Gasteiger partial charge in [0, 0.05) is 37.7 Å². The summed E-state index contributed by atoms with van der Waals surface area (Å²) in [6.45, 7) is 5.28. The number of nitrogens with zero attached hydrogens (tertiary/aromatic N) is 5. The molecule has 3 heterocycles. The van der Waals surface area contributed by atoms with Gasteiger partial charge in [0.2, 0.25) is 0 Å². The second-order valence-corrected chi connectivity index (χ2v) is 5.86. The molecule has 120 valence electrons. The number of aromatic nitrogens is 2. The topological polar surface area (TPSA) is 114 Å². The molecule has 2 aliphatic heterocycles. The normalized spacial score (nSPS) is 24.9. The number of carbonyl (C=O) groups is 1. The SMILES string of the molecule is C[C@]1(CN2CCN(C(=O)O)CC2)Cn2cc([N+](=O)[O-])nc2O1. The van der Waals surface area contributed by atoms with Gasteiger partial charge in [-0.05, 0) is 11.8 Å². The van der Waals surface area contributed by atoms with Crippen LogP contribution in [0.2, 0.25) is 0 Å². The molecule has 0 unspecified atom stereocenters. The highest BCUT2D eigenvalue weighted by molar-refractivity contribution is 5.65. The summed E-state index contributed by atoms with van der Waals surface area (Å²) in [4.78, 5) is 28.4. The number of imidazole rings is 1. The Morgan fingerprint density at radius 3 is 2.73 bits per heavy atom. The molecule has 1 aromatic heterocycles. The lowest BCUT2D eigenvalue weighted by Crippen LogP contribution is -2.53. The van der Waals surface area contributed by atoms with Gasteiger partial charge in [-0.15, -0.1) is 0 Å². The Morgan fingerprint density at radius 1 is 1.50 bits per heavy atom. The lowest BCUT2D eigenvalue weighted by Gasteiger charge is -2.36. The van der Waals surface area contributed by atoms with Crippen molar-refractivity contribution in [2.24, 2.45) is 0 Å². The fourth-order valence-corrected chi connectivity index (χ4v) is 2.93.